The van der Waals surface area contributed by atoms with E-state index in [0.717, 1.165) is 0 Å². The minimum Gasteiger partial charge on any atom is -0.356 e. The maximum Gasteiger partial charge on any atom is 0.110 e. The summed E-state index contributed by atoms with van der Waals surface area (Å²) in [5.74, 6) is 0. The Bertz CT molecular complexity index is 1760. The Hall–Kier alpha value is -4.72. The SMILES string of the molecule is Cc1ccc(-c2c(-c3ccc(C)cc3)c(-c3ccccc3)c3c(c2-c2ccccc2)C2OC3c3ccccc32)cc1. The first kappa shape index (κ1) is 24.1. The van der Waals surface area contributed by atoms with E-state index in [1.165, 1.54) is 77.9 Å². The smallest absolute Gasteiger partial charge is 0.110 e. The third kappa shape index (κ3) is 3.74. The predicted molar refractivity (Wildman–Crippen MR) is 169 cm³/mol. The molecule has 6 aromatic carbocycles. The van der Waals surface area contributed by atoms with E-state index in [9.17, 15) is 0 Å². The highest BCUT2D eigenvalue weighted by Crippen LogP contribution is 2.63. The number of rotatable bonds is 4. The van der Waals surface area contributed by atoms with Gasteiger partial charge < -0.3 is 4.74 Å². The van der Waals surface area contributed by atoms with E-state index in [0.29, 0.717) is 0 Å². The van der Waals surface area contributed by atoms with Crippen molar-refractivity contribution in [2.45, 2.75) is 26.1 Å². The van der Waals surface area contributed by atoms with Crippen LogP contribution >= 0.6 is 0 Å². The molecule has 2 bridgehead atoms. The molecule has 0 saturated heterocycles. The van der Waals surface area contributed by atoms with Gasteiger partial charge in [-0.05, 0) is 69.5 Å². The van der Waals surface area contributed by atoms with Crippen LogP contribution < -0.4 is 0 Å². The third-order valence-electron chi connectivity index (χ3n) is 8.74. The molecule has 6 aromatic rings. The van der Waals surface area contributed by atoms with Crippen molar-refractivity contribution in [3.05, 3.63) is 167 Å². The van der Waals surface area contributed by atoms with Crippen molar-refractivity contribution in [1.29, 1.82) is 0 Å². The van der Waals surface area contributed by atoms with Crippen LogP contribution in [0.25, 0.3) is 44.5 Å². The first-order valence-electron chi connectivity index (χ1n) is 14.4. The largest absolute Gasteiger partial charge is 0.356 e. The fourth-order valence-electron chi connectivity index (χ4n) is 6.88. The molecular formula is C40H30O. The van der Waals surface area contributed by atoms with Crippen LogP contribution in [-0.2, 0) is 4.74 Å². The van der Waals surface area contributed by atoms with Crippen molar-refractivity contribution in [2.75, 3.05) is 0 Å². The summed E-state index contributed by atoms with van der Waals surface area (Å²) in [6.45, 7) is 4.31. The zero-order valence-corrected chi connectivity index (χ0v) is 23.3. The van der Waals surface area contributed by atoms with Crippen molar-refractivity contribution < 1.29 is 4.74 Å². The van der Waals surface area contributed by atoms with E-state index in [1.54, 1.807) is 0 Å². The third-order valence-corrected chi connectivity index (χ3v) is 8.74. The van der Waals surface area contributed by atoms with Crippen molar-refractivity contribution in [3.8, 4) is 44.5 Å². The fraction of sp³-hybridized carbons (Fsp3) is 0.100. The average molecular weight is 527 g/mol. The average Bonchev–Trinajstić information content (AvgIpc) is 3.60. The standard InChI is InChI=1S/C40H30O/c1-25-17-21-29(22-18-25)33-34(30-23-19-26(2)20-24-30)36(28-13-7-4-8-14-28)38-37(35(33)27-11-5-3-6-12-27)39-31-15-9-10-16-32(31)40(38)41-39/h3-24,39-40H,1-2H3. The fourth-order valence-corrected chi connectivity index (χ4v) is 6.88. The summed E-state index contributed by atoms with van der Waals surface area (Å²) < 4.78 is 6.96. The molecule has 2 atom stereocenters. The second-order valence-electron chi connectivity index (χ2n) is 11.3. The summed E-state index contributed by atoms with van der Waals surface area (Å²) >= 11 is 0. The maximum absolute atomic E-state index is 6.96. The second kappa shape index (κ2) is 9.44. The van der Waals surface area contributed by atoms with Gasteiger partial charge in [0.2, 0.25) is 0 Å². The number of benzene rings is 6. The van der Waals surface area contributed by atoms with Crippen LogP contribution in [-0.4, -0.2) is 0 Å². The lowest BCUT2D eigenvalue weighted by Crippen LogP contribution is -2.10. The molecule has 0 aromatic heterocycles. The molecule has 41 heavy (non-hydrogen) atoms. The van der Waals surface area contributed by atoms with Crippen LogP contribution in [0.1, 0.15) is 45.6 Å². The normalized spacial score (nSPS) is 16.4. The Balaban J connectivity index is 1.60. The zero-order valence-electron chi connectivity index (χ0n) is 23.3. The van der Waals surface area contributed by atoms with Crippen molar-refractivity contribution >= 4 is 0 Å². The van der Waals surface area contributed by atoms with Gasteiger partial charge >= 0.3 is 0 Å². The van der Waals surface area contributed by atoms with Crippen molar-refractivity contribution in [1.82, 2.24) is 0 Å². The van der Waals surface area contributed by atoms with E-state index < -0.39 is 0 Å². The summed E-state index contributed by atoms with van der Waals surface area (Å²) in [6.07, 6.45) is -0.194. The molecule has 8 rings (SSSR count). The van der Waals surface area contributed by atoms with Gasteiger partial charge in [-0.3, -0.25) is 0 Å². The molecule has 2 aliphatic heterocycles. The molecule has 0 amide bonds. The summed E-state index contributed by atoms with van der Waals surface area (Å²) in [5.41, 5.74) is 17.7. The molecule has 2 aliphatic rings. The molecule has 0 N–H and O–H groups in total. The van der Waals surface area contributed by atoms with Gasteiger partial charge in [-0.2, -0.15) is 0 Å². The topological polar surface area (TPSA) is 9.23 Å². The molecule has 0 aliphatic carbocycles. The van der Waals surface area contributed by atoms with Crippen LogP contribution in [0.4, 0.5) is 0 Å². The minimum absolute atomic E-state index is 0.0971. The molecule has 1 nitrogen and oxygen atoms in total. The van der Waals surface area contributed by atoms with E-state index in [2.05, 4.69) is 147 Å². The van der Waals surface area contributed by atoms with E-state index in [-0.39, 0.29) is 12.2 Å². The molecule has 1 heteroatoms. The number of hydrogen-bond acceptors (Lipinski definition) is 1. The molecule has 0 saturated carbocycles. The minimum atomic E-state index is -0.0971. The molecule has 196 valence electrons. The van der Waals surface area contributed by atoms with E-state index in [1.807, 2.05) is 0 Å². The van der Waals surface area contributed by atoms with E-state index >= 15 is 0 Å². The molecule has 0 radical (unpaired) electrons. The number of fused-ring (bicyclic) bond motifs is 8. The summed E-state index contributed by atoms with van der Waals surface area (Å²) in [7, 11) is 0. The van der Waals surface area contributed by atoms with Gasteiger partial charge in [0, 0.05) is 11.1 Å². The molecule has 2 heterocycles. The van der Waals surface area contributed by atoms with Gasteiger partial charge in [0.05, 0.1) is 0 Å². The highest BCUT2D eigenvalue weighted by atomic mass is 16.5. The van der Waals surface area contributed by atoms with Gasteiger partial charge in [-0.15, -0.1) is 0 Å². The quantitative estimate of drug-likeness (QED) is 0.222. The number of ether oxygens (including phenoxy) is 1. The second-order valence-corrected chi connectivity index (χ2v) is 11.3. The number of hydrogen-bond donors (Lipinski definition) is 0. The Labute approximate surface area is 241 Å². The summed E-state index contributed by atoms with van der Waals surface area (Å²) in [5, 5.41) is 0. The zero-order chi connectivity index (χ0) is 27.5. The molecular weight excluding hydrogens is 496 g/mol. The van der Waals surface area contributed by atoms with E-state index in [4.69, 9.17) is 4.74 Å². The van der Waals surface area contributed by atoms with Crippen LogP contribution in [0.5, 0.6) is 0 Å². The maximum atomic E-state index is 6.96. The Kier molecular flexibility index (Phi) is 5.55. The van der Waals surface area contributed by atoms with Crippen LogP contribution in [0.15, 0.2) is 133 Å². The predicted octanol–water partition coefficient (Wildman–Crippen LogP) is 10.5. The lowest BCUT2D eigenvalue weighted by Gasteiger charge is -2.29. The first-order chi connectivity index (χ1) is 20.2. The summed E-state index contributed by atoms with van der Waals surface area (Å²) in [6, 6.07) is 48.7. The van der Waals surface area contributed by atoms with Gasteiger partial charge in [0.15, 0.2) is 0 Å². The Morgan fingerprint density at radius 2 is 0.707 bits per heavy atom. The van der Waals surface area contributed by atoms with Gasteiger partial charge in [-0.1, -0.05) is 145 Å². The lowest BCUT2D eigenvalue weighted by atomic mass is 9.72. The summed E-state index contributed by atoms with van der Waals surface area (Å²) in [4.78, 5) is 0. The van der Waals surface area contributed by atoms with Crippen molar-refractivity contribution in [2.24, 2.45) is 0 Å². The van der Waals surface area contributed by atoms with Gasteiger partial charge in [0.1, 0.15) is 12.2 Å². The van der Waals surface area contributed by atoms with Crippen LogP contribution in [0.3, 0.4) is 0 Å². The highest BCUT2D eigenvalue weighted by Gasteiger charge is 2.47. The molecule has 2 unspecified atom stereocenters. The number of aryl methyl sites for hydroxylation is 2. The monoisotopic (exact) mass is 526 g/mol. The van der Waals surface area contributed by atoms with Crippen LogP contribution in [0, 0.1) is 13.8 Å². The van der Waals surface area contributed by atoms with Crippen molar-refractivity contribution in [3.63, 3.8) is 0 Å². The molecule has 0 fully saturated rings. The highest BCUT2D eigenvalue weighted by molar-refractivity contribution is 6.05. The lowest BCUT2D eigenvalue weighted by molar-refractivity contribution is 0.0861. The first-order valence-corrected chi connectivity index (χ1v) is 14.4. The Morgan fingerprint density at radius 1 is 0.366 bits per heavy atom. The van der Waals surface area contributed by atoms with Gasteiger partial charge in [0.25, 0.3) is 0 Å². The van der Waals surface area contributed by atoms with Crippen LogP contribution in [0.2, 0.25) is 0 Å². The molecule has 0 spiro atoms. The van der Waals surface area contributed by atoms with Gasteiger partial charge in [-0.25, -0.2) is 0 Å². The Morgan fingerprint density at radius 3 is 1.10 bits per heavy atom.